The van der Waals surface area contributed by atoms with Gasteiger partial charge >= 0.3 is 0 Å². The number of anilines is 1. The molecule has 0 aliphatic carbocycles. The molecular weight excluding hydrogens is 488 g/mol. The number of carbonyl (C=O) groups is 1. The number of sulfonamides is 1. The van der Waals surface area contributed by atoms with Gasteiger partial charge in [0.25, 0.3) is 10.0 Å². The minimum atomic E-state index is -3.93. The monoisotopic (exact) mass is 516 g/mol. The average molecular weight is 517 g/mol. The molecule has 34 heavy (non-hydrogen) atoms. The van der Waals surface area contributed by atoms with Gasteiger partial charge in [-0.2, -0.15) is 11.8 Å². The molecule has 0 bridgehead atoms. The molecule has 1 amide bonds. The van der Waals surface area contributed by atoms with E-state index in [1.165, 1.54) is 23.3 Å². The van der Waals surface area contributed by atoms with Crippen molar-refractivity contribution in [3.05, 3.63) is 94.5 Å². The first-order valence-electron chi connectivity index (χ1n) is 11.0. The summed E-state index contributed by atoms with van der Waals surface area (Å²) in [5, 5.41) is 3.37. The third kappa shape index (κ3) is 7.01. The van der Waals surface area contributed by atoms with Crippen LogP contribution in [-0.2, 0) is 20.6 Å². The first-order chi connectivity index (χ1) is 16.3. The van der Waals surface area contributed by atoms with Gasteiger partial charge in [-0.15, -0.1) is 0 Å². The van der Waals surface area contributed by atoms with E-state index < -0.39 is 10.0 Å². The highest BCUT2D eigenvalue weighted by Crippen LogP contribution is 2.28. The number of nitrogens with one attached hydrogen (secondary N) is 1. The van der Waals surface area contributed by atoms with E-state index in [4.69, 9.17) is 11.6 Å². The normalized spacial score (nSPS) is 11.3. The van der Waals surface area contributed by atoms with Crippen LogP contribution < -0.4 is 9.62 Å². The van der Waals surface area contributed by atoms with Crippen LogP contribution in [0.3, 0.4) is 0 Å². The van der Waals surface area contributed by atoms with E-state index in [0.717, 1.165) is 22.2 Å². The lowest BCUT2D eigenvalue weighted by atomic mass is 10.1. The van der Waals surface area contributed by atoms with Gasteiger partial charge < -0.3 is 5.32 Å². The quantitative estimate of drug-likeness (QED) is 0.337. The summed E-state index contributed by atoms with van der Waals surface area (Å²) in [5.74, 6) is 1.48. The molecule has 0 atom stereocenters. The molecule has 0 aliphatic heterocycles. The molecule has 0 saturated heterocycles. The molecule has 0 saturated carbocycles. The Kier molecular flexibility index (Phi) is 9.45. The number of rotatable bonds is 11. The van der Waals surface area contributed by atoms with Crippen molar-refractivity contribution in [3.8, 4) is 0 Å². The summed E-state index contributed by atoms with van der Waals surface area (Å²) in [6.45, 7) is 4.06. The van der Waals surface area contributed by atoms with Gasteiger partial charge in [-0.1, -0.05) is 54.1 Å². The van der Waals surface area contributed by atoms with Crippen LogP contribution in [0.25, 0.3) is 0 Å². The van der Waals surface area contributed by atoms with Gasteiger partial charge in [-0.3, -0.25) is 9.10 Å². The Morgan fingerprint density at radius 2 is 1.68 bits per heavy atom. The van der Waals surface area contributed by atoms with Gasteiger partial charge in [0.05, 0.1) is 10.6 Å². The molecule has 0 radical (unpaired) electrons. The topological polar surface area (TPSA) is 66.5 Å². The van der Waals surface area contributed by atoms with Crippen molar-refractivity contribution in [2.45, 2.75) is 30.9 Å². The Morgan fingerprint density at radius 3 is 2.38 bits per heavy atom. The zero-order valence-corrected chi connectivity index (χ0v) is 21.7. The molecule has 180 valence electrons. The molecule has 5 nitrogen and oxygen atoms in total. The molecule has 0 unspecified atom stereocenters. The van der Waals surface area contributed by atoms with Gasteiger partial charge in [0.15, 0.2) is 0 Å². The Hall–Kier alpha value is -2.48. The molecule has 8 heteroatoms. The van der Waals surface area contributed by atoms with E-state index in [0.29, 0.717) is 22.8 Å². The van der Waals surface area contributed by atoms with Crippen molar-refractivity contribution in [2.24, 2.45) is 0 Å². The van der Waals surface area contributed by atoms with Crippen LogP contribution in [0.15, 0.2) is 77.7 Å². The highest BCUT2D eigenvalue weighted by Gasteiger charge is 2.28. The number of hydrogen-bond donors (Lipinski definition) is 1. The van der Waals surface area contributed by atoms with Gasteiger partial charge in [-0.25, -0.2) is 8.42 Å². The predicted molar refractivity (Wildman–Crippen MR) is 142 cm³/mol. The Balaban J connectivity index is 1.61. The molecular formula is C26H29ClN2O3S2. The second-order valence-electron chi connectivity index (χ2n) is 7.94. The van der Waals surface area contributed by atoms with Crippen LogP contribution in [0.4, 0.5) is 5.69 Å². The highest BCUT2D eigenvalue weighted by molar-refractivity contribution is 7.98. The van der Waals surface area contributed by atoms with Crippen molar-refractivity contribution < 1.29 is 13.2 Å². The molecule has 3 aromatic rings. The Morgan fingerprint density at radius 1 is 0.971 bits per heavy atom. The summed E-state index contributed by atoms with van der Waals surface area (Å²) < 4.78 is 27.9. The van der Waals surface area contributed by atoms with Crippen molar-refractivity contribution in [1.82, 2.24) is 5.32 Å². The van der Waals surface area contributed by atoms with E-state index in [2.05, 4.69) is 24.4 Å². The van der Waals surface area contributed by atoms with Crippen LogP contribution in [0.1, 0.15) is 23.1 Å². The molecule has 1 N–H and O–H groups in total. The highest BCUT2D eigenvalue weighted by atomic mass is 35.5. The lowest BCUT2D eigenvalue weighted by molar-refractivity contribution is -0.119. The maximum absolute atomic E-state index is 13.4. The molecule has 0 aliphatic rings. The number of amides is 1. The van der Waals surface area contributed by atoms with E-state index in [1.54, 1.807) is 43.3 Å². The van der Waals surface area contributed by atoms with Crippen LogP contribution >= 0.6 is 23.4 Å². The number of carbonyl (C=O) groups excluding carboxylic acids is 1. The summed E-state index contributed by atoms with van der Waals surface area (Å²) in [7, 11) is -3.93. The zero-order chi connectivity index (χ0) is 24.6. The van der Waals surface area contributed by atoms with E-state index in [-0.39, 0.29) is 17.3 Å². The van der Waals surface area contributed by atoms with Crippen molar-refractivity contribution in [1.29, 1.82) is 0 Å². The van der Waals surface area contributed by atoms with E-state index >= 15 is 0 Å². The number of benzene rings is 3. The van der Waals surface area contributed by atoms with Crippen LogP contribution in [0, 0.1) is 13.8 Å². The minimum absolute atomic E-state index is 0.129. The van der Waals surface area contributed by atoms with Crippen LogP contribution in [-0.4, -0.2) is 33.2 Å². The van der Waals surface area contributed by atoms with Crippen LogP contribution in [0.2, 0.25) is 5.02 Å². The first kappa shape index (κ1) is 26.1. The van der Waals surface area contributed by atoms with Gasteiger partial charge in [-0.05, 0) is 73.0 Å². The maximum Gasteiger partial charge on any atom is 0.264 e. The molecule has 3 aromatic carbocycles. The lowest BCUT2D eigenvalue weighted by Crippen LogP contribution is -2.41. The molecule has 0 spiro atoms. The number of nitrogens with zero attached hydrogens (tertiary/aromatic N) is 1. The smallest absolute Gasteiger partial charge is 0.264 e. The van der Waals surface area contributed by atoms with Gasteiger partial charge in [0.2, 0.25) is 5.91 Å². The molecule has 0 aromatic heterocycles. The predicted octanol–water partition coefficient (Wildman–Crippen LogP) is 5.59. The minimum Gasteiger partial charge on any atom is -0.354 e. The van der Waals surface area contributed by atoms with Gasteiger partial charge in [0, 0.05) is 17.3 Å². The lowest BCUT2D eigenvalue weighted by Gasteiger charge is -2.25. The fraction of sp³-hybridized carbons (Fsp3) is 0.269. The largest absolute Gasteiger partial charge is 0.354 e. The summed E-state index contributed by atoms with van der Waals surface area (Å²) in [6.07, 6.45) is 0.799. The van der Waals surface area contributed by atoms with Crippen molar-refractivity contribution in [2.75, 3.05) is 23.1 Å². The maximum atomic E-state index is 13.4. The molecule has 3 rings (SSSR count). The third-order valence-corrected chi connectivity index (χ3v) is 8.45. The molecule has 0 fully saturated rings. The number of hydrogen-bond acceptors (Lipinski definition) is 4. The zero-order valence-electron chi connectivity index (χ0n) is 19.3. The van der Waals surface area contributed by atoms with Gasteiger partial charge in [0.1, 0.15) is 6.54 Å². The SMILES string of the molecule is Cc1ccccc1CSCCCNC(=O)CN(c1ccc(Cl)cc1C)S(=O)(=O)c1ccccc1. The average Bonchev–Trinajstić information content (AvgIpc) is 2.82. The third-order valence-electron chi connectivity index (χ3n) is 5.35. The second kappa shape index (κ2) is 12.3. The summed E-state index contributed by atoms with van der Waals surface area (Å²) in [4.78, 5) is 12.9. The first-order valence-corrected chi connectivity index (χ1v) is 14.0. The summed E-state index contributed by atoms with van der Waals surface area (Å²) in [5.41, 5.74) is 3.70. The Bertz CT molecular complexity index is 1220. The number of thioether (sulfide) groups is 1. The van der Waals surface area contributed by atoms with E-state index in [1.807, 2.05) is 23.9 Å². The number of aryl methyl sites for hydroxylation is 2. The fourth-order valence-corrected chi connectivity index (χ4v) is 6.23. The van der Waals surface area contributed by atoms with Crippen molar-refractivity contribution in [3.63, 3.8) is 0 Å². The van der Waals surface area contributed by atoms with E-state index in [9.17, 15) is 13.2 Å². The number of halogens is 1. The fourth-order valence-electron chi connectivity index (χ4n) is 3.46. The second-order valence-corrected chi connectivity index (χ2v) is 11.3. The standard InChI is InChI=1S/C26H29ClN2O3S2/c1-20-9-6-7-10-22(20)19-33-16-8-15-28-26(30)18-29(25-14-13-23(27)17-21(25)2)34(31,32)24-11-4-3-5-12-24/h3-7,9-14,17H,8,15-16,18-19H2,1-2H3,(H,28,30). The molecule has 0 heterocycles. The van der Waals surface area contributed by atoms with Crippen molar-refractivity contribution >= 4 is 45.0 Å². The Labute approximate surface area is 211 Å². The summed E-state index contributed by atoms with van der Waals surface area (Å²) in [6, 6.07) is 21.4. The summed E-state index contributed by atoms with van der Waals surface area (Å²) >= 11 is 7.88. The van der Waals surface area contributed by atoms with Crippen LogP contribution in [0.5, 0.6) is 0 Å².